The highest BCUT2D eigenvalue weighted by molar-refractivity contribution is 7.80. The van der Waals surface area contributed by atoms with Crippen molar-refractivity contribution in [2.24, 2.45) is 0 Å². The summed E-state index contributed by atoms with van der Waals surface area (Å²) in [6, 6.07) is 8.69. The fourth-order valence-electron chi connectivity index (χ4n) is 3.01. The topological polar surface area (TPSA) is 45.8 Å². The van der Waals surface area contributed by atoms with E-state index in [-0.39, 0.29) is 0 Å². The van der Waals surface area contributed by atoms with Gasteiger partial charge in [-0.25, -0.2) is 0 Å². The maximum atomic E-state index is 5.38. The molecule has 1 fully saturated rings. The SMILES string of the molecule is COCCCNC(=S)NCC(c1ccc(OC)cc1)N1CCCC1. The zero-order valence-electron chi connectivity index (χ0n) is 14.7. The van der Waals surface area contributed by atoms with Crippen LogP contribution >= 0.6 is 12.2 Å². The first kappa shape index (κ1) is 19.0. The fraction of sp³-hybridized carbons (Fsp3) is 0.611. The minimum atomic E-state index is 0.331. The van der Waals surface area contributed by atoms with Gasteiger partial charge in [-0.2, -0.15) is 0 Å². The molecule has 0 saturated carbocycles. The Balaban J connectivity index is 1.90. The number of hydrogen-bond acceptors (Lipinski definition) is 4. The van der Waals surface area contributed by atoms with Gasteiger partial charge >= 0.3 is 0 Å². The highest BCUT2D eigenvalue weighted by atomic mass is 32.1. The van der Waals surface area contributed by atoms with Crippen LogP contribution in [0.15, 0.2) is 24.3 Å². The lowest BCUT2D eigenvalue weighted by Gasteiger charge is -2.29. The van der Waals surface area contributed by atoms with E-state index in [0.717, 1.165) is 45.0 Å². The van der Waals surface area contributed by atoms with E-state index in [2.05, 4.69) is 27.7 Å². The van der Waals surface area contributed by atoms with E-state index in [1.54, 1.807) is 14.2 Å². The van der Waals surface area contributed by atoms with Gasteiger partial charge in [0.2, 0.25) is 0 Å². The number of likely N-dealkylation sites (tertiary alicyclic amines) is 1. The Morgan fingerprint density at radius 2 is 1.88 bits per heavy atom. The molecule has 0 aromatic heterocycles. The summed E-state index contributed by atoms with van der Waals surface area (Å²) in [5.74, 6) is 0.891. The number of rotatable bonds is 9. The number of benzene rings is 1. The summed E-state index contributed by atoms with van der Waals surface area (Å²) in [6.45, 7) is 4.68. The highest BCUT2D eigenvalue weighted by Crippen LogP contribution is 2.26. The number of hydrogen-bond donors (Lipinski definition) is 2. The van der Waals surface area contributed by atoms with Crippen molar-refractivity contribution in [3.8, 4) is 5.75 Å². The van der Waals surface area contributed by atoms with Crippen LogP contribution in [0.3, 0.4) is 0 Å². The Kier molecular flexibility index (Phi) is 8.28. The third-order valence-corrected chi connectivity index (χ3v) is 4.64. The second-order valence-electron chi connectivity index (χ2n) is 6.02. The Morgan fingerprint density at radius 1 is 1.17 bits per heavy atom. The van der Waals surface area contributed by atoms with Gasteiger partial charge in [-0.05, 0) is 62.3 Å². The van der Waals surface area contributed by atoms with Gasteiger partial charge in [0.05, 0.1) is 13.2 Å². The van der Waals surface area contributed by atoms with Crippen LogP contribution in [0.25, 0.3) is 0 Å². The molecule has 134 valence electrons. The molecule has 1 heterocycles. The lowest BCUT2D eigenvalue weighted by Crippen LogP contribution is -2.41. The van der Waals surface area contributed by atoms with Crippen molar-refractivity contribution in [1.29, 1.82) is 0 Å². The molecular weight excluding hydrogens is 322 g/mol. The molecule has 24 heavy (non-hydrogen) atoms. The minimum absolute atomic E-state index is 0.331. The molecule has 0 amide bonds. The maximum absolute atomic E-state index is 5.38. The van der Waals surface area contributed by atoms with Crippen molar-refractivity contribution in [3.63, 3.8) is 0 Å². The summed E-state index contributed by atoms with van der Waals surface area (Å²) in [5, 5.41) is 7.32. The summed E-state index contributed by atoms with van der Waals surface area (Å²) in [7, 11) is 3.41. The van der Waals surface area contributed by atoms with Crippen LogP contribution in [-0.2, 0) is 4.74 Å². The molecule has 1 aromatic rings. The largest absolute Gasteiger partial charge is 0.497 e. The second-order valence-corrected chi connectivity index (χ2v) is 6.42. The molecule has 1 aliphatic heterocycles. The van der Waals surface area contributed by atoms with Crippen LogP contribution in [0.2, 0.25) is 0 Å². The van der Waals surface area contributed by atoms with Crippen LogP contribution < -0.4 is 15.4 Å². The lowest BCUT2D eigenvalue weighted by molar-refractivity contribution is 0.195. The maximum Gasteiger partial charge on any atom is 0.166 e. The van der Waals surface area contributed by atoms with E-state index in [0.29, 0.717) is 11.2 Å². The van der Waals surface area contributed by atoms with Crippen LogP contribution in [-0.4, -0.2) is 57.0 Å². The number of ether oxygens (including phenoxy) is 2. The quantitative estimate of drug-likeness (QED) is 0.526. The summed E-state index contributed by atoms with van der Waals surface area (Å²) in [5.41, 5.74) is 1.30. The van der Waals surface area contributed by atoms with Crippen molar-refractivity contribution in [3.05, 3.63) is 29.8 Å². The molecule has 1 saturated heterocycles. The third-order valence-electron chi connectivity index (χ3n) is 4.35. The molecule has 0 aliphatic carbocycles. The number of thiocarbonyl (C=S) groups is 1. The molecule has 1 aromatic carbocycles. The van der Waals surface area contributed by atoms with Gasteiger partial charge < -0.3 is 20.1 Å². The first-order valence-electron chi connectivity index (χ1n) is 8.63. The van der Waals surface area contributed by atoms with E-state index in [1.807, 2.05) is 12.1 Å². The Labute approximate surface area is 150 Å². The van der Waals surface area contributed by atoms with Crippen molar-refractivity contribution in [1.82, 2.24) is 15.5 Å². The summed E-state index contributed by atoms with van der Waals surface area (Å²) in [6.07, 6.45) is 3.49. The molecule has 0 radical (unpaired) electrons. The monoisotopic (exact) mass is 351 g/mol. The van der Waals surface area contributed by atoms with E-state index in [4.69, 9.17) is 21.7 Å². The van der Waals surface area contributed by atoms with Gasteiger partial charge in [0.25, 0.3) is 0 Å². The molecule has 6 heteroatoms. The average Bonchev–Trinajstić information content (AvgIpc) is 3.14. The highest BCUT2D eigenvalue weighted by Gasteiger charge is 2.23. The van der Waals surface area contributed by atoms with Crippen LogP contribution in [0.5, 0.6) is 5.75 Å². The molecule has 5 nitrogen and oxygen atoms in total. The van der Waals surface area contributed by atoms with E-state index >= 15 is 0 Å². The van der Waals surface area contributed by atoms with Crippen molar-refractivity contribution < 1.29 is 9.47 Å². The molecule has 1 aliphatic rings. The van der Waals surface area contributed by atoms with Gasteiger partial charge in [-0.15, -0.1) is 0 Å². The fourth-order valence-corrected chi connectivity index (χ4v) is 3.19. The number of methoxy groups -OCH3 is 2. The van der Waals surface area contributed by atoms with Gasteiger partial charge in [0.15, 0.2) is 5.11 Å². The van der Waals surface area contributed by atoms with Crippen molar-refractivity contribution in [2.45, 2.75) is 25.3 Å². The molecule has 2 N–H and O–H groups in total. The second kappa shape index (κ2) is 10.5. The first-order chi connectivity index (χ1) is 11.7. The minimum Gasteiger partial charge on any atom is -0.497 e. The third kappa shape index (κ3) is 5.92. The summed E-state index contributed by atoms with van der Waals surface area (Å²) >= 11 is 5.38. The molecule has 0 spiro atoms. The van der Waals surface area contributed by atoms with Crippen molar-refractivity contribution >= 4 is 17.3 Å². The standard InChI is InChI=1S/C18H29N3O2S/c1-22-13-5-10-19-18(24)20-14-17(21-11-3-4-12-21)15-6-8-16(23-2)9-7-15/h6-9,17H,3-5,10-14H2,1-2H3,(H2,19,20,24). The molecule has 1 atom stereocenters. The first-order valence-corrected chi connectivity index (χ1v) is 9.04. The zero-order valence-corrected chi connectivity index (χ0v) is 15.5. The van der Waals surface area contributed by atoms with Crippen LogP contribution in [0.4, 0.5) is 0 Å². The summed E-state index contributed by atoms with van der Waals surface area (Å²) < 4.78 is 10.3. The normalized spacial score (nSPS) is 15.9. The van der Waals surface area contributed by atoms with Crippen LogP contribution in [0, 0.1) is 0 Å². The number of nitrogens with one attached hydrogen (secondary N) is 2. The average molecular weight is 352 g/mol. The zero-order chi connectivity index (χ0) is 17.2. The van der Waals surface area contributed by atoms with Gasteiger partial charge in [-0.3, -0.25) is 4.90 Å². The molecule has 2 rings (SSSR count). The molecular formula is C18H29N3O2S. The molecule has 1 unspecified atom stereocenters. The van der Waals surface area contributed by atoms with Gasteiger partial charge in [0, 0.05) is 26.8 Å². The van der Waals surface area contributed by atoms with Crippen LogP contribution in [0.1, 0.15) is 30.9 Å². The van der Waals surface area contributed by atoms with Gasteiger partial charge in [0.1, 0.15) is 5.75 Å². The van der Waals surface area contributed by atoms with E-state index < -0.39 is 0 Å². The summed E-state index contributed by atoms with van der Waals surface area (Å²) in [4.78, 5) is 2.53. The predicted molar refractivity (Wildman–Crippen MR) is 102 cm³/mol. The Hall–Kier alpha value is -1.37. The van der Waals surface area contributed by atoms with Crippen molar-refractivity contribution in [2.75, 3.05) is 47.0 Å². The lowest BCUT2D eigenvalue weighted by atomic mass is 10.1. The van der Waals surface area contributed by atoms with Gasteiger partial charge in [-0.1, -0.05) is 12.1 Å². The van der Waals surface area contributed by atoms with E-state index in [1.165, 1.54) is 18.4 Å². The Morgan fingerprint density at radius 3 is 2.50 bits per heavy atom. The predicted octanol–water partition coefficient (Wildman–Crippen LogP) is 2.33. The number of nitrogens with zero attached hydrogens (tertiary/aromatic N) is 1. The molecule has 0 bridgehead atoms. The smallest absolute Gasteiger partial charge is 0.166 e. The van der Waals surface area contributed by atoms with E-state index in [9.17, 15) is 0 Å². The Bertz CT molecular complexity index is 490.